The first-order valence-electron chi connectivity index (χ1n) is 10.5. The zero-order valence-electron chi connectivity index (χ0n) is 17.6. The number of benzene rings is 2. The van der Waals surface area contributed by atoms with Crippen LogP contribution >= 0.6 is 0 Å². The molecule has 2 unspecified atom stereocenters. The minimum absolute atomic E-state index is 0.00655. The minimum atomic E-state index is -2.46. The maximum absolute atomic E-state index is 15.9. The summed E-state index contributed by atoms with van der Waals surface area (Å²) >= 11 is -2.46. The number of hydrogen-bond donors (Lipinski definition) is 2. The van der Waals surface area contributed by atoms with Crippen LogP contribution in [0, 0.1) is 11.6 Å². The van der Waals surface area contributed by atoms with E-state index in [-0.39, 0.29) is 11.7 Å². The number of aryl methyl sites for hydroxylation is 1. The molecule has 32 heavy (non-hydrogen) atoms. The summed E-state index contributed by atoms with van der Waals surface area (Å²) in [5.41, 5.74) is 2.51. The average molecular weight is 459 g/mol. The van der Waals surface area contributed by atoms with E-state index in [4.69, 9.17) is 0 Å². The van der Waals surface area contributed by atoms with Crippen molar-refractivity contribution in [3.05, 3.63) is 42.1 Å². The van der Waals surface area contributed by atoms with Gasteiger partial charge in [0.05, 0.1) is 16.7 Å². The topological polar surface area (TPSA) is 85.2 Å². The molecule has 7 nitrogen and oxygen atoms in total. The van der Waals surface area contributed by atoms with Crippen LogP contribution in [0.4, 0.5) is 20.2 Å². The van der Waals surface area contributed by atoms with Gasteiger partial charge in [0.25, 0.3) is 0 Å². The summed E-state index contributed by atoms with van der Waals surface area (Å²) in [5.74, 6) is -1.20. The molecule has 1 saturated heterocycles. The summed E-state index contributed by atoms with van der Waals surface area (Å²) < 4.78 is 57.3. The number of rotatable bonds is 4. The van der Waals surface area contributed by atoms with Gasteiger partial charge in [-0.15, -0.1) is 0 Å². The molecule has 168 valence electrons. The number of anilines is 2. The first-order chi connectivity index (χ1) is 15.4. The number of nitrogens with one attached hydrogen (secondary N) is 2. The molecule has 1 fully saturated rings. The lowest BCUT2D eigenvalue weighted by atomic mass is 10.0. The second-order valence-corrected chi connectivity index (χ2v) is 8.75. The fraction of sp³-hybridized carbons (Fsp3) is 0.318. The fourth-order valence-corrected chi connectivity index (χ4v) is 4.93. The molecule has 5 rings (SSSR count). The van der Waals surface area contributed by atoms with Crippen molar-refractivity contribution in [2.24, 2.45) is 0 Å². The molecule has 2 aromatic carbocycles. The van der Waals surface area contributed by atoms with Crippen LogP contribution in [0.2, 0.25) is 0 Å². The van der Waals surface area contributed by atoms with Crippen molar-refractivity contribution in [3.8, 4) is 11.3 Å². The average Bonchev–Trinajstić information content (AvgIpc) is 3.11. The van der Waals surface area contributed by atoms with E-state index >= 15 is 8.78 Å². The van der Waals surface area contributed by atoms with Crippen molar-refractivity contribution >= 4 is 44.4 Å². The number of fused-ring (bicyclic) bond motifs is 5. The second kappa shape index (κ2) is 7.95. The molecular formula is C22H22F2N5O2S-. The maximum atomic E-state index is 15.9. The van der Waals surface area contributed by atoms with Gasteiger partial charge < -0.3 is 24.1 Å². The monoisotopic (exact) mass is 458 g/mol. The van der Waals surface area contributed by atoms with E-state index in [0.29, 0.717) is 64.9 Å². The van der Waals surface area contributed by atoms with E-state index in [1.165, 1.54) is 6.07 Å². The molecule has 0 aliphatic carbocycles. The Hall–Kier alpha value is -2.82. The summed E-state index contributed by atoms with van der Waals surface area (Å²) in [4.78, 5) is 6.38. The number of pyridine rings is 1. The summed E-state index contributed by atoms with van der Waals surface area (Å²) in [6.07, 6.45) is 1.80. The number of piperazine rings is 1. The molecule has 2 N–H and O–H groups in total. The quantitative estimate of drug-likeness (QED) is 0.457. The Morgan fingerprint density at radius 3 is 2.84 bits per heavy atom. The Bertz CT molecular complexity index is 1340. The Morgan fingerprint density at radius 2 is 2.12 bits per heavy atom. The van der Waals surface area contributed by atoms with E-state index < -0.39 is 22.9 Å². The molecule has 0 bridgehead atoms. The van der Waals surface area contributed by atoms with Gasteiger partial charge >= 0.3 is 0 Å². The van der Waals surface area contributed by atoms with Crippen molar-refractivity contribution in [2.75, 3.05) is 29.3 Å². The molecule has 2 aromatic rings. The van der Waals surface area contributed by atoms with Crippen molar-refractivity contribution in [2.45, 2.75) is 26.4 Å². The third-order valence-electron chi connectivity index (χ3n) is 6.00. The molecule has 0 saturated carbocycles. The normalized spacial score (nSPS) is 18.0. The van der Waals surface area contributed by atoms with Crippen molar-refractivity contribution in [3.63, 3.8) is 0 Å². The Labute approximate surface area is 186 Å². The lowest BCUT2D eigenvalue weighted by molar-refractivity contribution is 0.470. The van der Waals surface area contributed by atoms with E-state index in [9.17, 15) is 8.76 Å². The first-order valence-corrected chi connectivity index (χ1v) is 11.5. The first kappa shape index (κ1) is 21.0. The zero-order valence-corrected chi connectivity index (χ0v) is 18.4. The van der Waals surface area contributed by atoms with Crippen LogP contribution in [0.5, 0.6) is 0 Å². The van der Waals surface area contributed by atoms with E-state index in [0.717, 1.165) is 0 Å². The van der Waals surface area contributed by atoms with Crippen LogP contribution in [0.1, 0.15) is 13.8 Å². The highest BCUT2D eigenvalue weighted by atomic mass is 32.2. The molecule has 0 aromatic heterocycles. The maximum Gasteiger partial charge on any atom is 0.173 e. The van der Waals surface area contributed by atoms with E-state index in [1.807, 2.05) is 13.8 Å². The number of hydrogen-bond acceptors (Lipinski definition) is 5. The van der Waals surface area contributed by atoms with Gasteiger partial charge in [-0.1, -0.05) is 0 Å². The molecule has 0 amide bonds. The lowest BCUT2D eigenvalue weighted by Gasteiger charge is -2.34. The highest BCUT2D eigenvalue weighted by Gasteiger charge is 2.27. The molecule has 3 heterocycles. The van der Waals surface area contributed by atoms with Gasteiger partial charge in [0, 0.05) is 71.7 Å². The Kier molecular flexibility index (Phi) is 5.23. The van der Waals surface area contributed by atoms with Gasteiger partial charge in [0.15, 0.2) is 5.82 Å². The zero-order chi connectivity index (χ0) is 22.6. The molecular weight excluding hydrogens is 436 g/mol. The van der Waals surface area contributed by atoms with Crippen molar-refractivity contribution in [1.82, 2.24) is 14.9 Å². The third kappa shape index (κ3) is 3.39. The van der Waals surface area contributed by atoms with Crippen LogP contribution in [0.3, 0.4) is 0 Å². The second-order valence-electron chi connectivity index (χ2n) is 8.08. The molecule has 10 heteroatoms. The highest BCUT2D eigenvalue weighted by molar-refractivity contribution is 7.80. The van der Waals surface area contributed by atoms with Crippen LogP contribution < -0.4 is 14.9 Å². The fourth-order valence-electron chi connectivity index (χ4n) is 4.61. The Morgan fingerprint density at radius 1 is 1.31 bits per heavy atom. The van der Waals surface area contributed by atoms with Crippen LogP contribution in [0.15, 0.2) is 30.5 Å². The lowest BCUT2D eigenvalue weighted by Crippen LogP contribution is -2.49. The summed E-state index contributed by atoms with van der Waals surface area (Å²) in [7, 11) is 0. The third-order valence-corrected chi connectivity index (χ3v) is 6.40. The Balaban J connectivity index is 1.77. The molecule has 3 aliphatic heterocycles. The van der Waals surface area contributed by atoms with Gasteiger partial charge in [0.1, 0.15) is 11.5 Å². The summed E-state index contributed by atoms with van der Waals surface area (Å²) in [6.45, 7) is 6.06. The van der Waals surface area contributed by atoms with Crippen LogP contribution in [0.25, 0.3) is 33.1 Å². The van der Waals surface area contributed by atoms with Gasteiger partial charge in [-0.05, 0) is 38.1 Å². The van der Waals surface area contributed by atoms with Gasteiger partial charge in [-0.3, -0.25) is 4.21 Å². The summed E-state index contributed by atoms with van der Waals surface area (Å²) in [5, 5.41) is 4.39. The molecule has 2 atom stereocenters. The number of nitrogens with zero attached hydrogens (tertiary/aromatic N) is 3. The van der Waals surface area contributed by atoms with Gasteiger partial charge in [-0.25, -0.2) is 13.8 Å². The predicted molar refractivity (Wildman–Crippen MR) is 122 cm³/mol. The van der Waals surface area contributed by atoms with E-state index in [1.54, 1.807) is 33.9 Å². The predicted octanol–water partition coefficient (Wildman–Crippen LogP) is 3.60. The molecule has 3 aliphatic rings. The molecule has 0 spiro atoms. The highest BCUT2D eigenvalue weighted by Crippen LogP contribution is 2.41. The number of aromatic nitrogens is 2. The summed E-state index contributed by atoms with van der Waals surface area (Å²) in [6, 6.07) is 6.47. The van der Waals surface area contributed by atoms with Gasteiger partial charge in [0.2, 0.25) is 0 Å². The largest absolute Gasteiger partial charge is 0.755 e. The smallest absolute Gasteiger partial charge is 0.173 e. The van der Waals surface area contributed by atoms with Crippen LogP contribution in [-0.2, 0) is 17.8 Å². The van der Waals surface area contributed by atoms with Gasteiger partial charge in [-0.2, -0.15) is 0 Å². The standard InChI is InChI=1S/C22H23F2N5O2S/c1-3-28-11-16-14-8-13(27-32(30)31)4-5-18(14)26-20(16)15-9-17(23)22(19(24)21(15)28)29-7-6-25-12(2)10-29/h4-5,8-9,11-12,25,27H,3,6-7,10H2,1-2H3,(H,30,31)/p-1. The minimum Gasteiger partial charge on any atom is -0.755 e. The van der Waals surface area contributed by atoms with Crippen molar-refractivity contribution in [1.29, 1.82) is 0 Å². The van der Waals surface area contributed by atoms with Crippen molar-refractivity contribution < 1.29 is 17.5 Å². The van der Waals surface area contributed by atoms with E-state index in [2.05, 4.69) is 15.0 Å². The van der Waals surface area contributed by atoms with Crippen LogP contribution in [-0.4, -0.2) is 44.0 Å². The number of halogens is 2. The molecule has 0 radical (unpaired) electrons. The SMILES string of the molecule is CCn1cc2c3cc(NS(=O)[O-])ccc3nc-2c2cc(F)c(N3CCNC(C)C3)c(F)c21.